The van der Waals surface area contributed by atoms with Crippen LogP contribution in [-0.4, -0.2) is 4.98 Å². The van der Waals surface area contributed by atoms with Crippen molar-refractivity contribution in [2.75, 3.05) is 0 Å². The Morgan fingerprint density at radius 3 is 2.06 bits per heavy atom. The Labute approximate surface area is 282 Å². The predicted octanol–water partition coefficient (Wildman–Crippen LogP) is 12.9. The molecule has 0 N–H and O–H groups in total. The van der Waals surface area contributed by atoms with Crippen molar-refractivity contribution in [2.24, 2.45) is 0 Å². The van der Waals surface area contributed by atoms with Crippen LogP contribution in [0.2, 0.25) is 0 Å². The zero-order chi connectivity index (χ0) is 32.4. The van der Waals surface area contributed by atoms with Gasteiger partial charge in [0.25, 0.3) is 0 Å². The molecular formula is C47H37N. The van der Waals surface area contributed by atoms with E-state index in [1.807, 2.05) is 12.3 Å². The van der Waals surface area contributed by atoms with E-state index in [9.17, 15) is 0 Å². The van der Waals surface area contributed by atoms with E-state index in [1.54, 1.807) is 0 Å². The van der Waals surface area contributed by atoms with Crippen molar-refractivity contribution in [1.29, 1.82) is 0 Å². The summed E-state index contributed by atoms with van der Waals surface area (Å²) < 4.78 is 0. The lowest BCUT2D eigenvalue weighted by molar-refractivity contribution is 0.591. The first-order chi connectivity index (χ1) is 23.4. The zero-order valence-electron chi connectivity index (χ0n) is 27.7. The molecule has 1 nitrogen and oxygen atoms in total. The molecule has 0 aliphatic heterocycles. The highest BCUT2D eigenvalue weighted by Crippen LogP contribution is 2.46. The van der Waals surface area contributed by atoms with Gasteiger partial charge in [0, 0.05) is 12.1 Å². The van der Waals surface area contributed by atoms with Crippen LogP contribution in [0.4, 0.5) is 0 Å². The maximum absolute atomic E-state index is 4.61. The van der Waals surface area contributed by atoms with Crippen LogP contribution < -0.4 is 0 Å². The Morgan fingerprint density at radius 2 is 1.31 bits per heavy atom. The molecule has 0 unspecified atom stereocenters. The van der Waals surface area contributed by atoms with Gasteiger partial charge in [0.15, 0.2) is 0 Å². The summed E-state index contributed by atoms with van der Waals surface area (Å²) in [4.78, 5) is 4.61. The van der Waals surface area contributed by atoms with Crippen LogP contribution in [0.15, 0.2) is 152 Å². The topological polar surface area (TPSA) is 12.9 Å². The second-order valence-corrected chi connectivity index (χ2v) is 14.4. The van der Waals surface area contributed by atoms with Gasteiger partial charge in [-0.15, -0.1) is 0 Å². The molecule has 230 valence electrons. The van der Waals surface area contributed by atoms with Crippen molar-refractivity contribution < 1.29 is 0 Å². The summed E-state index contributed by atoms with van der Waals surface area (Å²) in [6, 6.07) is 47.4. The number of pyridine rings is 1. The number of hydrogen-bond donors (Lipinski definition) is 0. The van der Waals surface area contributed by atoms with E-state index in [0.29, 0.717) is 0 Å². The minimum atomic E-state index is 0.0779. The van der Waals surface area contributed by atoms with Crippen molar-refractivity contribution >= 4 is 48.7 Å². The molecule has 1 heteroatoms. The molecule has 1 aliphatic rings. The SMILES string of the molecule is CC(C)(C)c1cc2ccc3c(-c4cccc(-c5ccc6ccccc6c5)c4)cc([C@H]4C=CC(c5ccccn5)=CC4)c4ccc(c1)c2c34. The van der Waals surface area contributed by atoms with Crippen LogP contribution in [0, 0.1) is 0 Å². The molecule has 0 fully saturated rings. The number of aromatic nitrogens is 1. The Morgan fingerprint density at radius 1 is 0.583 bits per heavy atom. The highest BCUT2D eigenvalue weighted by atomic mass is 14.7. The van der Waals surface area contributed by atoms with Crippen LogP contribution in [0.25, 0.3) is 70.9 Å². The van der Waals surface area contributed by atoms with E-state index < -0.39 is 0 Å². The van der Waals surface area contributed by atoms with Gasteiger partial charge in [0.2, 0.25) is 0 Å². The fourth-order valence-electron chi connectivity index (χ4n) is 7.73. The molecule has 0 radical (unpaired) electrons. The Balaban J connectivity index is 1.25. The number of hydrogen-bond acceptors (Lipinski definition) is 1. The highest BCUT2D eigenvalue weighted by Gasteiger charge is 2.23. The molecule has 1 aliphatic carbocycles. The summed E-state index contributed by atoms with van der Waals surface area (Å²) in [5.41, 5.74) is 10.1. The molecule has 1 aromatic heterocycles. The molecule has 0 spiro atoms. The van der Waals surface area contributed by atoms with Gasteiger partial charge in [-0.1, -0.05) is 136 Å². The van der Waals surface area contributed by atoms with Crippen molar-refractivity contribution in [3.8, 4) is 22.3 Å². The first-order valence-corrected chi connectivity index (χ1v) is 17.1. The lowest BCUT2D eigenvalue weighted by Gasteiger charge is -2.25. The van der Waals surface area contributed by atoms with E-state index >= 15 is 0 Å². The number of rotatable bonds is 4. The van der Waals surface area contributed by atoms with Gasteiger partial charge in [-0.05, 0) is 124 Å². The molecule has 0 bridgehead atoms. The molecule has 1 heterocycles. The van der Waals surface area contributed by atoms with Crippen LogP contribution in [0.3, 0.4) is 0 Å². The predicted molar refractivity (Wildman–Crippen MR) is 206 cm³/mol. The summed E-state index contributed by atoms with van der Waals surface area (Å²) in [5, 5.41) is 10.6. The lowest BCUT2D eigenvalue weighted by atomic mass is 9.79. The van der Waals surface area contributed by atoms with E-state index in [-0.39, 0.29) is 11.3 Å². The minimum absolute atomic E-state index is 0.0779. The molecular weight excluding hydrogens is 579 g/mol. The van der Waals surface area contributed by atoms with Crippen molar-refractivity contribution in [3.63, 3.8) is 0 Å². The van der Waals surface area contributed by atoms with Crippen LogP contribution in [0.5, 0.6) is 0 Å². The highest BCUT2D eigenvalue weighted by molar-refractivity contribution is 6.26. The van der Waals surface area contributed by atoms with Gasteiger partial charge < -0.3 is 0 Å². The van der Waals surface area contributed by atoms with Gasteiger partial charge in [0.1, 0.15) is 0 Å². The van der Waals surface area contributed by atoms with Gasteiger partial charge in [-0.2, -0.15) is 0 Å². The Hall–Kier alpha value is -5.53. The maximum Gasteiger partial charge on any atom is 0.0698 e. The third kappa shape index (κ3) is 4.81. The first-order valence-electron chi connectivity index (χ1n) is 17.1. The number of allylic oxidation sites excluding steroid dienone is 4. The summed E-state index contributed by atoms with van der Waals surface area (Å²) in [5.74, 6) is 0.273. The van der Waals surface area contributed by atoms with Gasteiger partial charge in [-0.25, -0.2) is 0 Å². The van der Waals surface area contributed by atoms with Crippen molar-refractivity contribution in [3.05, 3.63) is 169 Å². The Bertz CT molecular complexity index is 2540. The maximum atomic E-state index is 4.61. The summed E-state index contributed by atoms with van der Waals surface area (Å²) in [6.07, 6.45) is 9.84. The smallest absolute Gasteiger partial charge is 0.0698 e. The molecule has 48 heavy (non-hydrogen) atoms. The minimum Gasteiger partial charge on any atom is -0.256 e. The average Bonchev–Trinajstić information content (AvgIpc) is 3.13. The van der Waals surface area contributed by atoms with Gasteiger partial charge >= 0.3 is 0 Å². The quantitative estimate of drug-likeness (QED) is 0.180. The van der Waals surface area contributed by atoms with E-state index in [2.05, 4.69) is 165 Å². The van der Waals surface area contributed by atoms with Crippen LogP contribution in [0.1, 0.15) is 49.9 Å². The van der Waals surface area contributed by atoms with E-state index in [1.165, 1.54) is 82.0 Å². The second-order valence-electron chi connectivity index (χ2n) is 14.4. The average molecular weight is 616 g/mol. The fraction of sp³-hybridized carbons (Fsp3) is 0.128. The molecule has 8 aromatic rings. The van der Waals surface area contributed by atoms with E-state index in [0.717, 1.165) is 12.1 Å². The number of nitrogens with zero attached hydrogens (tertiary/aromatic N) is 1. The Kier molecular flexibility index (Phi) is 6.59. The zero-order valence-corrected chi connectivity index (χ0v) is 27.7. The van der Waals surface area contributed by atoms with Crippen molar-refractivity contribution in [2.45, 2.75) is 38.5 Å². The van der Waals surface area contributed by atoms with Crippen LogP contribution in [-0.2, 0) is 5.41 Å². The molecule has 0 saturated carbocycles. The monoisotopic (exact) mass is 615 g/mol. The largest absolute Gasteiger partial charge is 0.256 e. The fourth-order valence-corrected chi connectivity index (χ4v) is 7.73. The first kappa shape index (κ1) is 28.7. The normalized spacial score (nSPS) is 15.1. The number of fused-ring (bicyclic) bond motifs is 1. The van der Waals surface area contributed by atoms with Gasteiger partial charge in [-0.3, -0.25) is 4.98 Å². The van der Waals surface area contributed by atoms with Crippen LogP contribution >= 0.6 is 0 Å². The third-order valence-electron chi connectivity index (χ3n) is 10.3. The van der Waals surface area contributed by atoms with E-state index in [4.69, 9.17) is 0 Å². The molecule has 9 rings (SSSR count). The lowest BCUT2D eigenvalue weighted by Crippen LogP contribution is -2.11. The number of benzene rings is 7. The van der Waals surface area contributed by atoms with Gasteiger partial charge in [0.05, 0.1) is 5.69 Å². The summed E-state index contributed by atoms with van der Waals surface area (Å²) >= 11 is 0. The molecule has 0 amide bonds. The summed E-state index contributed by atoms with van der Waals surface area (Å²) in [6.45, 7) is 6.92. The second kappa shape index (κ2) is 11.0. The molecule has 1 atom stereocenters. The standard InChI is InChI=1S/C47H37N/c1-47(2,3)39-27-37-20-22-40-42(31-15-17-32(18-16-31)44-13-6-7-24-48-44)29-43(41-23-21-38(28-39)45(37)46(40)41)36-12-8-11-34(26-36)35-19-14-30-9-4-5-10-33(30)25-35/h4-15,17-29,31H,16H2,1-3H3/t31-/m0/s1. The third-order valence-corrected chi connectivity index (χ3v) is 10.3. The molecule has 0 saturated heterocycles. The van der Waals surface area contributed by atoms with Crippen molar-refractivity contribution in [1.82, 2.24) is 4.98 Å². The molecule has 7 aromatic carbocycles. The summed E-state index contributed by atoms with van der Waals surface area (Å²) in [7, 11) is 0.